The van der Waals surface area contributed by atoms with Crippen molar-refractivity contribution >= 4 is 23.4 Å². The van der Waals surface area contributed by atoms with Gasteiger partial charge >= 0.3 is 5.97 Å². The van der Waals surface area contributed by atoms with Crippen LogP contribution in [0.25, 0.3) is 0 Å². The standard InChI is InChI=1S/C17H20N4O3/c1-3-4-9-18-16(22)14-10-20-15(11-19-14)21-13-7-5-12(6-8-13)17(23)24-2/h5-8,10-11H,3-4,9H2,1-2H3,(H,18,22)(H,20,21). The Hall–Kier alpha value is -2.96. The summed E-state index contributed by atoms with van der Waals surface area (Å²) in [6, 6.07) is 6.77. The van der Waals surface area contributed by atoms with Crippen molar-refractivity contribution < 1.29 is 14.3 Å². The van der Waals surface area contributed by atoms with Crippen LogP contribution < -0.4 is 10.6 Å². The fourth-order valence-corrected chi connectivity index (χ4v) is 1.93. The maximum atomic E-state index is 11.8. The van der Waals surface area contributed by atoms with Crippen molar-refractivity contribution in [2.45, 2.75) is 19.8 Å². The molecule has 1 aromatic carbocycles. The molecule has 2 N–H and O–H groups in total. The zero-order valence-electron chi connectivity index (χ0n) is 13.7. The molecule has 0 radical (unpaired) electrons. The molecule has 7 heteroatoms. The molecule has 0 fully saturated rings. The highest BCUT2D eigenvalue weighted by molar-refractivity contribution is 5.92. The number of nitrogens with zero attached hydrogens (tertiary/aromatic N) is 2. The third kappa shape index (κ3) is 4.77. The molecule has 24 heavy (non-hydrogen) atoms. The van der Waals surface area contributed by atoms with E-state index in [1.807, 2.05) is 0 Å². The molecule has 2 rings (SSSR count). The summed E-state index contributed by atoms with van der Waals surface area (Å²) in [6.45, 7) is 2.69. The molecule has 0 bridgehead atoms. The zero-order valence-corrected chi connectivity index (χ0v) is 13.7. The lowest BCUT2D eigenvalue weighted by Crippen LogP contribution is -2.25. The van der Waals surface area contributed by atoms with Crippen LogP contribution in [-0.4, -0.2) is 35.5 Å². The average molecular weight is 328 g/mol. The Morgan fingerprint density at radius 3 is 2.46 bits per heavy atom. The first-order chi connectivity index (χ1) is 11.6. The topological polar surface area (TPSA) is 93.2 Å². The summed E-state index contributed by atoms with van der Waals surface area (Å²) in [6.07, 6.45) is 4.86. The van der Waals surface area contributed by atoms with Gasteiger partial charge in [-0.2, -0.15) is 0 Å². The van der Waals surface area contributed by atoms with Gasteiger partial charge in [0.2, 0.25) is 0 Å². The Kier molecular flexibility index (Phi) is 6.24. The minimum absolute atomic E-state index is 0.232. The van der Waals surface area contributed by atoms with Gasteiger partial charge in [-0.05, 0) is 30.7 Å². The molecule has 7 nitrogen and oxygen atoms in total. The van der Waals surface area contributed by atoms with E-state index in [0.717, 1.165) is 18.5 Å². The minimum atomic E-state index is -0.389. The van der Waals surface area contributed by atoms with Gasteiger partial charge in [0.15, 0.2) is 0 Å². The molecule has 0 aliphatic rings. The van der Waals surface area contributed by atoms with Crippen LogP contribution in [0.1, 0.15) is 40.6 Å². The summed E-state index contributed by atoms with van der Waals surface area (Å²) in [4.78, 5) is 31.5. The summed E-state index contributed by atoms with van der Waals surface area (Å²) >= 11 is 0. The van der Waals surface area contributed by atoms with E-state index in [4.69, 9.17) is 0 Å². The van der Waals surface area contributed by atoms with Crippen LogP contribution in [0.3, 0.4) is 0 Å². The number of anilines is 2. The Labute approximate surface area is 140 Å². The Balaban J connectivity index is 1.96. The largest absolute Gasteiger partial charge is 0.465 e. The van der Waals surface area contributed by atoms with Gasteiger partial charge in [-0.3, -0.25) is 4.79 Å². The number of hydrogen-bond acceptors (Lipinski definition) is 6. The van der Waals surface area contributed by atoms with Crippen molar-refractivity contribution in [3.63, 3.8) is 0 Å². The molecule has 0 aliphatic carbocycles. The van der Waals surface area contributed by atoms with Gasteiger partial charge in [0.05, 0.1) is 25.1 Å². The monoisotopic (exact) mass is 328 g/mol. The lowest BCUT2D eigenvalue weighted by atomic mass is 10.2. The highest BCUT2D eigenvalue weighted by Gasteiger charge is 2.08. The molecule has 0 saturated carbocycles. The molecule has 0 atom stereocenters. The predicted octanol–water partition coefficient (Wildman–Crippen LogP) is 2.54. The number of aromatic nitrogens is 2. The molecule has 0 unspecified atom stereocenters. The molecular weight excluding hydrogens is 308 g/mol. The van der Waals surface area contributed by atoms with Crippen LogP contribution in [0.5, 0.6) is 0 Å². The van der Waals surface area contributed by atoms with Crippen LogP contribution in [0.15, 0.2) is 36.7 Å². The summed E-state index contributed by atoms with van der Waals surface area (Å²) in [7, 11) is 1.34. The van der Waals surface area contributed by atoms with E-state index in [0.29, 0.717) is 17.9 Å². The van der Waals surface area contributed by atoms with Gasteiger partial charge < -0.3 is 15.4 Å². The van der Waals surface area contributed by atoms with Crippen molar-refractivity contribution in [2.75, 3.05) is 19.0 Å². The van der Waals surface area contributed by atoms with E-state index in [1.165, 1.54) is 19.5 Å². The van der Waals surface area contributed by atoms with Gasteiger partial charge in [0.1, 0.15) is 11.5 Å². The summed E-state index contributed by atoms with van der Waals surface area (Å²) in [5.41, 5.74) is 1.49. The number of unbranched alkanes of at least 4 members (excludes halogenated alkanes) is 1. The molecular formula is C17H20N4O3. The predicted molar refractivity (Wildman–Crippen MR) is 90.3 cm³/mol. The quantitative estimate of drug-likeness (QED) is 0.599. The highest BCUT2D eigenvalue weighted by Crippen LogP contribution is 2.15. The third-order valence-electron chi connectivity index (χ3n) is 3.28. The first-order valence-electron chi connectivity index (χ1n) is 7.69. The number of rotatable bonds is 7. The smallest absolute Gasteiger partial charge is 0.337 e. The summed E-state index contributed by atoms with van der Waals surface area (Å²) in [5.74, 6) is -0.115. The first kappa shape index (κ1) is 17.4. The number of nitrogens with one attached hydrogen (secondary N) is 2. The van der Waals surface area contributed by atoms with Crippen molar-refractivity contribution in [1.29, 1.82) is 0 Å². The van der Waals surface area contributed by atoms with Crippen molar-refractivity contribution in [3.8, 4) is 0 Å². The summed E-state index contributed by atoms with van der Waals surface area (Å²) < 4.78 is 4.65. The number of benzene rings is 1. The number of carbonyl (C=O) groups excluding carboxylic acids is 2. The van der Waals surface area contributed by atoms with Crippen molar-refractivity contribution in [3.05, 3.63) is 47.9 Å². The third-order valence-corrected chi connectivity index (χ3v) is 3.28. The van der Waals surface area contributed by atoms with Crippen LogP contribution in [0.2, 0.25) is 0 Å². The van der Waals surface area contributed by atoms with Crippen LogP contribution >= 0.6 is 0 Å². The first-order valence-corrected chi connectivity index (χ1v) is 7.69. The highest BCUT2D eigenvalue weighted by atomic mass is 16.5. The van der Waals surface area contributed by atoms with E-state index in [1.54, 1.807) is 24.3 Å². The van der Waals surface area contributed by atoms with Gasteiger partial charge in [-0.1, -0.05) is 13.3 Å². The number of ether oxygens (including phenoxy) is 1. The Morgan fingerprint density at radius 1 is 1.12 bits per heavy atom. The summed E-state index contributed by atoms with van der Waals surface area (Å²) in [5, 5.41) is 5.83. The number of amides is 1. The van der Waals surface area contributed by atoms with Crippen LogP contribution in [-0.2, 0) is 4.74 Å². The van der Waals surface area contributed by atoms with Crippen LogP contribution in [0.4, 0.5) is 11.5 Å². The molecule has 0 spiro atoms. The number of hydrogen-bond donors (Lipinski definition) is 2. The van der Waals surface area contributed by atoms with Gasteiger partial charge in [0, 0.05) is 12.2 Å². The number of esters is 1. The van der Waals surface area contributed by atoms with Crippen LogP contribution in [0, 0.1) is 0 Å². The van der Waals surface area contributed by atoms with E-state index < -0.39 is 0 Å². The molecule has 0 saturated heterocycles. The van der Waals surface area contributed by atoms with E-state index in [9.17, 15) is 9.59 Å². The fourth-order valence-electron chi connectivity index (χ4n) is 1.93. The van der Waals surface area contributed by atoms with Crippen molar-refractivity contribution in [1.82, 2.24) is 15.3 Å². The maximum absolute atomic E-state index is 11.8. The second-order valence-corrected chi connectivity index (χ2v) is 5.09. The van der Waals surface area contributed by atoms with Crippen molar-refractivity contribution in [2.24, 2.45) is 0 Å². The molecule has 126 valence electrons. The second kappa shape index (κ2) is 8.61. The normalized spacial score (nSPS) is 10.1. The zero-order chi connectivity index (χ0) is 17.4. The van der Waals surface area contributed by atoms with E-state index in [-0.39, 0.29) is 17.6 Å². The SMILES string of the molecule is CCCCNC(=O)c1cnc(Nc2ccc(C(=O)OC)cc2)cn1. The Bertz CT molecular complexity index is 684. The molecule has 2 aromatic rings. The van der Waals surface area contributed by atoms with Gasteiger partial charge in [-0.15, -0.1) is 0 Å². The molecule has 1 amide bonds. The fraction of sp³-hybridized carbons (Fsp3) is 0.294. The lowest BCUT2D eigenvalue weighted by molar-refractivity contribution is 0.0600. The maximum Gasteiger partial charge on any atom is 0.337 e. The molecule has 1 aromatic heterocycles. The van der Waals surface area contributed by atoms with E-state index >= 15 is 0 Å². The Morgan fingerprint density at radius 2 is 1.88 bits per heavy atom. The number of carbonyl (C=O) groups is 2. The minimum Gasteiger partial charge on any atom is -0.465 e. The second-order valence-electron chi connectivity index (χ2n) is 5.09. The van der Waals surface area contributed by atoms with Gasteiger partial charge in [0.25, 0.3) is 5.91 Å². The van der Waals surface area contributed by atoms with E-state index in [2.05, 4.69) is 32.3 Å². The molecule has 1 heterocycles. The van der Waals surface area contributed by atoms with Gasteiger partial charge in [-0.25, -0.2) is 14.8 Å². The lowest BCUT2D eigenvalue weighted by Gasteiger charge is -2.07. The average Bonchev–Trinajstić information content (AvgIpc) is 2.62. The molecule has 0 aliphatic heterocycles. The number of methoxy groups -OCH3 is 1.